The summed E-state index contributed by atoms with van der Waals surface area (Å²) in [5.74, 6) is -0.666. The molecule has 20 heavy (non-hydrogen) atoms. The number of hydrogen-bond donors (Lipinski definition) is 3. The van der Waals surface area contributed by atoms with Crippen LogP contribution in [0.2, 0.25) is 0 Å². The summed E-state index contributed by atoms with van der Waals surface area (Å²) < 4.78 is 0.600. The molecule has 0 saturated heterocycles. The minimum Gasteiger partial charge on any atom is -0.478 e. The Bertz CT molecular complexity index is 505. The first-order chi connectivity index (χ1) is 9.33. The predicted octanol–water partition coefficient (Wildman–Crippen LogP) is 3.70. The molecule has 1 rings (SSSR count). The molecule has 2 amide bonds. The Balaban J connectivity index is 2.73. The number of anilines is 1. The summed E-state index contributed by atoms with van der Waals surface area (Å²) in [6.07, 6.45) is 0.974. The molecule has 0 spiro atoms. The lowest BCUT2D eigenvalue weighted by atomic mass is 10.0. The third-order valence-electron chi connectivity index (χ3n) is 3.26. The van der Waals surface area contributed by atoms with E-state index in [0.29, 0.717) is 16.1 Å². The van der Waals surface area contributed by atoms with E-state index in [1.165, 1.54) is 12.1 Å². The number of rotatable bonds is 5. The molecular weight excluding hydrogens is 324 g/mol. The Morgan fingerprint density at radius 2 is 1.95 bits per heavy atom. The highest BCUT2D eigenvalue weighted by Gasteiger charge is 2.14. The Morgan fingerprint density at radius 1 is 1.30 bits per heavy atom. The van der Waals surface area contributed by atoms with E-state index < -0.39 is 5.97 Å². The van der Waals surface area contributed by atoms with Crippen LogP contribution in [0, 0.1) is 5.92 Å². The van der Waals surface area contributed by atoms with E-state index in [0.717, 1.165) is 6.42 Å². The van der Waals surface area contributed by atoms with Crippen molar-refractivity contribution >= 4 is 33.6 Å². The molecule has 2 atom stereocenters. The van der Waals surface area contributed by atoms with Gasteiger partial charge in [0.1, 0.15) is 0 Å². The summed E-state index contributed by atoms with van der Waals surface area (Å²) in [7, 11) is 0. The molecule has 0 heterocycles. The molecular formula is C14H19BrN2O3. The van der Waals surface area contributed by atoms with Gasteiger partial charge in [0.25, 0.3) is 0 Å². The van der Waals surface area contributed by atoms with E-state index >= 15 is 0 Å². The lowest BCUT2D eigenvalue weighted by Crippen LogP contribution is -2.39. The number of amides is 2. The van der Waals surface area contributed by atoms with Gasteiger partial charge in [0, 0.05) is 16.2 Å². The molecule has 3 N–H and O–H groups in total. The van der Waals surface area contributed by atoms with E-state index in [4.69, 9.17) is 5.11 Å². The van der Waals surface area contributed by atoms with Gasteiger partial charge in [-0.15, -0.1) is 0 Å². The molecule has 0 aromatic heterocycles. The first kappa shape index (κ1) is 16.5. The first-order valence-corrected chi connectivity index (χ1v) is 7.24. The van der Waals surface area contributed by atoms with Gasteiger partial charge in [-0.1, -0.05) is 36.2 Å². The van der Waals surface area contributed by atoms with Gasteiger partial charge >= 0.3 is 12.0 Å². The molecule has 0 bridgehead atoms. The third kappa shape index (κ3) is 4.85. The highest BCUT2D eigenvalue weighted by molar-refractivity contribution is 9.10. The SMILES string of the molecule is CCC(C)C(C)NC(=O)Nc1cc(Br)cc(C(=O)O)c1. The van der Waals surface area contributed by atoms with Crippen molar-refractivity contribution in [3.05, 3.63) is 28.2 Å². The topological polar surface area (TPSA) is 78.4 Å². The first-order valence-electron chi connectivity index (χ1n) is 6.44. The lowest BCUT2D eigenvalue weighted by molar-refractivity contribution is 0.0697. The van der Waals surface area contributed by atoms with Gasteiger partial charge in [-0.2, -0.15) is 0 Å². The van der Waals surface area contributed by atoms with Crippen molar-refractivity contribution in [3.63, 3.8) is 0 Å². The maximum absolute atomic E-state index is 11.9. The van der Waals surface area contributed by atoms with Crippen LogP contribution in [0.25, 0.3) is 0 Å². The summed E-state index contributed by atoms with van der Waals surface area (Å²) in [6, 6.07) is 4.26. The number of hydrogen-bond acceptors (Lipinski definition) is 2. The number of aromatic carboxylic acids is 1. The predicted molar refractivity (Wildman–Crippen MR) is 82.2 cm³/mol. The molecule has 0 aliphatic rings. The summed E-state index contributed by atoms with van der Waals surface area (Å²) in [6.45, 7) is 6.07. The Morgan fingerprint density at radius 3 is 2.50 bits per heavy atom. The van der Waals surface area contributed by atoms with E-state index in [-0.39, 0.29) is 17.6 Å². The molecule has 0 radical (unpaired) electrons. The van der Waals surface area contributed by atoms with Gasteiger partial charge in [0.2, 0.25) is 0 Å². The molecule has 0 aliphatic heterocycles. The number of carboxylic acid groups (broad SMARTS) is 1. The highest BCUT2D eigenvalue weighted by atomic mass is 79.9. The lowest BCUT2D eigenvalue weighted by Gasteiger charge is -2.20. The Labute approximate surface area is 126 Å². The summed E-state index contributed by atoms with van der Waals surface area (Å²) in [5.41, 5.74) is 0.551. The van der Waals surface area contributed by atoms with Crippen LogP contribution in [-0.2, 0) is 0 Å². The van der Waals surface area contributed by atoms with Crippen LogP contribution in [0.1, 0.15) is 37.6 Å². The summed E-state index contributed by atoms with van der Waals surface area (Å²) >= 11 is 3.22. The van der Waals surface area contributed by atoms with Crippen LogP contribution in [0.5, 0.6) is 0 Å². The van der Waals surface area contributed by atoms with Crippen LogP contribution in [0.3, 0.4) is 0 Å². The number of urea groups is 1. The average Bonchev–Trinajstić information content (AvgIpc) is 2.36. The fourth-order valence-electron chi connectivity index (χ4n) is 1.66. The van der Waals surface area contributed by atoms with E-state index in [9.17, 15) is 9.59 Å². The number of nitrogens with one attached hydrogen (secondary N) is 2. The monoisotopic (exact) mass is 342 g/mol. The fraction of sp³-hybridized carbons (Fsp3) is 0.429. The average molecular weight is 343 g/mol. The highest BCUT2D eigenvalue weighted by Crippen LogP contribution is 2.19. The van der Waals surface area contributed by atoms with Crippen LogP contribution in [0.4, 0.5) is 10.5 Å². The van der Waals surface area contributed by atoms with Crippen molar-refractivity contribution in [1.82, 2.24) is 5.32 Å². The number of carbonyl (C=O) groups is 2. The van der Waals surface area contributed by atoms with Gasteiger partial charge in [-0.25, -0.2) is 9.59 Å². The standard InChI is InChI=1S/C14H19BrN2O3/c1-4-8(2)9(3)16-14(20)17-12-6-10(13(18)19)5-11(15)7-12/h5-9H,4H2,1-3H3,(H,18,19)(H2,16,17,20). The molecule has 0 saturated carbocycles. The molecule has 6 heteroatoms. The molecule has 5 nitrogen and oxygen atoms in total. The zero-order chi connectivity index (χ0) is 15.3. The maximum Gasteiger partial charge on any atom is 0.335 e. The maximum atomic E-state index is 11.9. The Kier molecular flexibility index (Phi) is 6.01. The minimum atomic E-state index is -1.04. The summed E-state index contributed by atoms with van der Waals surface area (Å²) in [5, 5.41) is 14.4. The second-order valence-corrected chi connectivity index (χ2v) is 5.72. The largest absolute Gasteiger partial charge is 0.478 e. The Hall–Kier alpha value is -1.56. The van der Waals surface area contributed by atoms with Gasteiger partial charge in [-0.05, 0) is 31.0 Å². The van der Waals surface area contributed by atoms with Crippen LogP contribution in [-0.4, -0.2) is 23.1 Å². The minimum absolute atomic E-state index is 0.0473. The second kappa shape index (κ2) is 7.28. The number of carboxylic acids is 1. The van der Waals surface area contributed by atoms with Crippen molar-refractivity contribution in [3.8, 4) is 0 Å². The quantitative estimate of drug-likeness (QED) is 0.763. The zero-order valence-corrected chi connectivity index (χ0v) is 13.3. The normalized spacial score (nSPS) is 13.4. The van der Waals surface area contributed by atoms with Crippen LogP contribution >= 0.6 is 15.9 Å². The van der Waals surface area contributed by atoms with Crippen molar-refractivity contribution in [2.45, 2.75) is 33.2 Å². The van der Waals surface area contributed by atoms with Gasteiger partial charge < -0.3 is 15.7 Å². The van der Waals surface area contributed by atoms with E-state index in [1.54, 1.807) is 6.07 Å². The van der Waals surface area contributed by atoms with Crippen LogP contribution < -0.4 is 10.6 Å². The molecule has 2 unspecified atom stereocenters. The molecule has 1 aromatic rings. The number of benzene rings is 1. The van der Waals surface area contributed by atoms with Crippen molar-refractivity contribution in [2.24, 2.45) is 5.92 Å². The van der Waals surface area contributed by atoms with Gasteiger partial charge in [0.05, 0.1) is 5.56 Å². The smallest absolute Gasteiger partial charge is 0.335 e. The fourth-order valence-corrected chi connectivity index (χ4v) is 2.15. The van der Waals surface area contributed by atoms with Crippen molar-refractivity contribution in [1.29, 1.82) is 0 Å². The zero-order valence-electron chi connectivity index (χ0n) is 11.7. The number of carbonyl (C=O) groups excluding carboxylic acids is 1. The molecule has 0 fully saturated rings. The van der Waals surface area contributed by atoms with Gasteiger partial charge in [-0.3, -0.25) is 0 Å². The molecule has 1 aromatic carbocycles. The molecule has 0 aliphatic carbocycles. The van der Waals surface area contributed by atoms with Crippen molar-refractivity contribution in [2.75, 3.05) is 5.32 Å². The number of halogens is 1. The van der Waals surface area contributed by atoms with Crippen molar-refractivity contribution < 1.29 is 14.7 Å². The van der Waals surface area contributed by atoms with E-state index in [2.05, 4.69) is 40.4 Å². The third-order valence-corrected chi connectivity index (χ3v) is 3.72. The van der Waals surface area contributed by atoms with Crippen LogP contribution in [0.15, 0.2) is 22.7 Å². The molecule has 110 valence electrons. The van der Waals surface area contributed by atoms with E-state index in [1.807, 2.05) is 6.92 Å². The summed E-state index contributed by atoms with van der Waals surface area (Å²) in [4.78, 5) is 22.8. The second-order valence-electron chi connectivity index (χ2n) is 4.81. The van der Waals surface area contributed by atoms with Gasteiger partial charge in [0.15, 0.2) is 0 Å².